The number of nitrogens with one attached hydrogen (secondary N) is 1. The second kappa shape index (κ2) is 12.5. The van der Waals surface area contributed by atoms with E-state index in [2.05, 4.69) is 24.0 Å². The van der Waals surface area contributed by atoms with Gasteiger partial charge in [0.05, 0.1) is 25.7 Å². The summed E-state index contributed by atoms with van der Waals surface area (Å²) in [6.07, 6.45) is 3.84. The molecule has 0 aliphatic heterocycles. The Balaban J connectivity index is 2.09. The van der Waals surface area contributed by atoms with Gasteiger partial charge in [0.25, 0.3) is 0 Å². The van der Waals surface area contributed by atoms with E-state index < -0.39 is 29.5 Å². The number of esters is 1. The van der Waals surface area contributed by atoms with Crippen molar-refractivity contribution in [3.05, 3.63) is 65.0 Å². The zero-order chi connectivity index (χ0) is 28.0. The van der Waals surface area contributed by atoms with Crippen LogP contribution in [0.2, 0.25) is 0 Å². The Labute approximate surface area is 225 Å². The van der Waals surface area contributed by atoms with Crippen LogP contribution in [0.4, 0.5) is 9.18 Å². The number of hydrogen-bond donors (Lipinski definition) is 1. The Morgan fingerprint density at radius 2 is 1.87 bits per heavy atom. The molecule has 0 aromatic heterocycles. The fourth-order valence-electron chi connectivity index (χ4n) is 4.44. The first-order valence-electron chi connectivity index (χ1n) is 13.3. The van der Waals surface area contributed by atoms with Crippen LogP contribution >= 0.6 is 0 Å². The molecule has 1 atom stereocenters. The zero-order valence-corrected chi connectivity index (χ0v) is 23.4. The fourth-order valence-corrected chi connectivity index (χ4v) is 4.44. The van der Waals surface area contributed by atoms with Crippen LogP contribution in [0.5, 0.6) is 5.75 Å². The number of alkyl carbamates (subject to hydrolysis) is 1. The molecule has 1 aliphatic carbocycles. The summed E-state index contributed by atoms with van der Waals surface area (Å²) in [6.45, 7) is 15.0. The smallest absolute Gasteiger partial charge is 0.408 e. The first-order valence-corrected chi connectivity index (χ1v) is 13.3. The molecule has 2 aromatic carbocycles. The van der Waals surface area contributed by atoms with Gasteiger partial charge in [-0.25, -0.2) is 9.18 Å². The van der Waals surface area contributed by atoms with Crippen molar-refractivity contribution in [2.24, 2.45) is 0 Å². The second-order valence-corrected chi connectivity index (χ2v) is 10.8. The van der Waals surface area contributed by atoms with Crippen LogP contribution in [0.15, 0.2) is 36.9 Å². The molecule has 1 fully saturated rings. The Hall–Kier alpha value is -3.35. The summed E-state index contributed by atoms with van der Waals surface area (Å²) in [5.41, 5.74) is 3.67. The molecule has 0 radical (unpaired) electrons. The van der Waals surface area contributed by atoms with Crippen molar-refractivity contribution in [3.63, 3.8) is 0 Å². The number of halogens is 1. The van der Waals surface area contributed by atoms with E-state index >= 15 is 4.39 Å². The lowest BCUT2D eigenvalue weighted by atomic mass is 9.91. The van der Waals surface area contributed by atoms with Gasteiger partial charge >= 0.3 is 12.1 Å². The minimum Gasteiger partial charge on any atom is -0.493 e. The van der Waals surface area contributed by atoms with Crippen LogP contribution in [0.3, 0.4) is 0 Å². The van der Waals surface area contributed by atoms with Gasteiger partial charge in [-0.05, 0) is 107 Å². The van der Waals surface area contributed by atoms with E-state index in [9.17, 15) is 9.59 Å². The third-order valence-electron chi connectivity index (χ3n) is 6.26. The van der Waals surface area contributed by atoms with Gasteiger partial charge in [-0.2, -0.15) is 0 Å². The summed E-state index contributed by atoms with van der Waals surface area (Å²) in [4.78, 5) is 25.1. The maximum Gasteiger partial charge on any atom is 0.408 e. The molecule has 0 spiro atoms. The Kier molecular flexibility index (Phi) is 9.58. The van der Waals surface area contributed by atoms with Gasteiger partial charge in [0.1, 0.15) is 17.2 Å². The van der Waals surface area contributed by atoms with Crippen molar-refractivity contribution in [3.8, 4) is 16.9 Å². The van der Waals surface area contributed by atoms with Crippen LogP contribution < -0.4 is 10.1 Å². The van der Waals surface area contributed by atoms with E-state index in [4.69, 9.17) is 14.2 Å². The molecule has 0 bridgehead atoms. The van der Waals surface area contributed by atoms with Gasteiger partial charge in [0.15, 0.2) is 0 Å². The van der Waals surface area contributed by atoms with Gasteiger partial charge in [-0.1, -0.05) is 12.1 Å². The molecule has 6 nitrogen and oxygen atoms in total. The lowest BCUT2D eigenvalue weighted by Crippen LogP contribution is -2.36. The second-order valence-electron chi connectivity index (χ2n) is 10.8. The molecule has 1 saturated carbocycles. The number of hydrogen-bond acceptors (Lipinski definition) is 5. The molecule has 7 heteroatoms. The van der Waals surface area contributed by atoms with E-state index in [-0.39, 0.29) is 18.6 Å². The van der Waals surface area contributed by atoms with Crippen molar-refractivity contribution in [1.82, 2.24) is 5.32 Å². The number of ether oxygens (including phenoxy) is 3. The molecule has 0 saturated heterocycles. The summed E-state index contributed by atoms with van der Waals surface area (Å²) in [5.74, 6) is 0.227. The maximum absolute atomic E-state index is 15.6. The van der Waals surface area contributed by atoms with Crippen LogP contribution in [0.1, 0.15) is 87.6 Å². The van der Waals surface area contributed by atoms with E-state index in [1.54, 1.807) is 52.8 Å². The molecule has 2 aromatic rings. The first-order chi connectivity index (χ1) is 17.9. The topological polar surface area (TPSA) is 73.9 Å². The summed E-state index contributed by atoms with van der Waals surface area (Å²) < 4.78 is 32.3. The molecule has 38 heavy (non-hydrogen) atoms. The van der Waals surface area contributed by atoms with Crippen LogP contribution in [-0.2, 0) is 14.3 Å². The summed E-state index contributed by atoms with van der Waals surface area (Å²) in [7, 11) is 0. The third-order valence-corrected chi connectivity index (χ3v) is 6.26. The summed E-state index contributed by atoms with van der Waals surface area (Å²) >= 11 is 0. The van der Waals surface area contributed by atoms with Crippen molar-refractivity contribution in [1.29, 1.82) is 0 Å². The lowest BCUT2D eigenvalue weighted by molar-refractivity contribution is -0.143. The van der Waals surface area contributed by atoms with Crippen molar-refractivity contribution < 1.29 is 28.2 Å². The van der Waals surface area contributed by atoms with E-state index in [0.29, 0.717) is 24.5 Å². The first kappa shape index (κ1) is 29.2. The number of benzene rings is 2. The number of carbonyl (C=O) groups excluding carboxylic acids is 2. The highest BCUT2D eigenvalue weighted by atomic mass is 19.1. The van der Waals surface area contributed by atoms with Gasteiger partial charge in [-0.15, -0.1) is 6.58 Å². The van der Waals surface area contributed by atoms with Crippen molar-refractivity contribution in [2.45, 2.75) is 84.8 Å². The highest BCUT2D eigenvalue weighted by molar-refractivity contribution is 5.77. The average molecular weight is 526 g/mol. The quantitative estimate of drug-likeness (QED) is 0.187. The standard InChI is InChI=1S/C31H40FNO5/c1-8-10-13-37-26-17-22(21-11-12-21)14-19(3)28(26)23-15-20(4)29(32)24(16-23)25(18-27(34)36-9-2)33-30(35)38-31(5,6)7/h8,14-17,21,25H,1,9-13,18H2,2-7H3,(H,33,35)/t25-/m0/s1. The average Bonchev–Trinajstić information content (AvgIpc) is 3.65. The molecule has 3 rings (SSSR count). The van der Waals surface area contributed by atoms with E-state index in [1.165, 1.54) is 5.56 Å². The molecule has 1 aliphatic rings. The minimum absolute atomic E-state index is 0.178. The fraction of sp³-hybridized carbons (Fsp3) is 0.484. The van der Waals surface area contributed by atoms with Crippen molar-refractivity contribution >= 4 is 12.1 Å². The predicted molar refractivity (Wildman–Crippen MR) is 147 cm³/mol. The minimum atomic E-state index is -0.987. The predicted octanol–water partition coefficient (Wildman–Crippen LogP) is 7.46. The van der Waals surface area contributed by atoms with E-state index in [1.807, 2.05) is 6.92 Å². The highest BCUT2D eigenvalue weighted by Crippen LogP contribution is 2.45. The largest absolute Gasteiger partial charge is 0.493 e. The molecular weight excluding hydrogens is 485 g/mol. The zero-order valence-electron chi connectivity index (χ0n) is 23.4. The van der Waals surface area contributed by atoms with Gasteiger partial charge < -0.3 is 19.5 Å². The van der Waals surface area contributed by atoms with Crippen molar-refractivity contribution in [2.75, 3.05) is 13.2 Å². The normalized spacial score (nSPS) is 14.0. The molecule has 0 unspecified atom stereocenters. The summed E-state index contributed by atoms with van der Waals surface area (Å²) in [6, 6.07) is 6.71. The number of aryl methyl sites for hydroxylation is 2. The molecule has 1 N–H and O–H groups in total. The monoisotopic (exact) mass is 525 g/mol. The Morgan fingerprint density at radius 1 is 1.16 bits per heavy atom. The SMILES string of the molecule is C=CCCOc1cc(C2CC2)cc(C)c1-c1cc(C)c(F)c([C@H](CC(=O)OCC)NC(=O)OC(C)(C)C)c1. The molecule has 206 valence electrons. The van der Waals surface area contributed by atoms with Gasteiger partial charge in [-0.3, -0.25) is 4.79 Å². The number of rotatable bonds is 11. The third kappa shape index (κ3) is 7.83. The van der Waals surface area contributed by atoms with Gasteiger partial charge in [0.2, 0.25) is 0 Å². The summed E-state index contributed by atoms with van der Waals surface area (Å²) in [5, 5.41) is 2.69. The maximum atomic E-state index is 15.6. The number of carbonyl (C=O) groups is 2. The molecule has 0 heterocycles. The van der Waals surface area contributed by atoms with Crippen LogP contribution in [0.25, 0.3) is 11.1 Å². The Morgan fingerprint density at radius 3 is 2.47 bits per heavy atom. The lowest BCUT2D eigenvalue weighted by Gasteiger charge is -2.25. The van der Waals surface area contributed by atoms with Gasteiger partial charge in [0, 0.05) is 11.1 Å². The van der Waals surface area contributed by atoms with E-state index in [0.717, 1.165) is 35.3 Å². The van der Waals surface area contributed by atoms with Crippen LogP contribution in [0, 0.1) is 19.7 Å². The number of amides is 1. The molecule has 1 amide bonds. The Bertz CT molecular complexity index is 1180. The molecular formula is C31H40FNO5. The highest BCUT2D eigenvalue weighted by Gasteiger charge is 2.29. The van der Waals surface area contributed by atoms with Crippen LogP contribution in [-0.4, -0.2) is 30.9 Å².